The Morgan fingerprint density at radius 2 is 2.07 bits per heavy atom. The number of aromatic nitrogens is 4. The van der Waals surface area contributed by atoms with Crippen molar-refractivity contribution in [1.82, 2.24) is 24.8 Å². The molecule has 1 aliphatic rings. The highest BCUT2D eigenvalue weighted by Gasteiger charge is 2.26. The van der Waals surface area contributed by atoms with Crippen LogP contribution in [-0.2, 0) is 19.5 Å². The monoisotopic (exact) mass is 365 g/mol. The molecule has 6 nitrogen and oxygen atoms in total. The van der Waals surface area contributed by atoms with Crippen LogP contribution in [-0.4, -0.2) is 37.4 Å². The first-order valence-corrected chi connectivity index (χ1v) is 9.88. The molecule has 6 heteroatoms. The Hall–Kier alpha value is -2.47. The van der Waals surface area contributed by atoms with E-state index in [9.17, 15) is 0 Å². The van der Waals surface area contributed by atoms with Gasteiger partial charge in [0, 0.05) is 42.9 Å². The van der Waals surface area contributed by atoms with Gasteiger partial charge in [-0.25, -0.2) is 0 Å². The van der Waals surface area contributed by atoms with Gasteiger partial charge in [-0.3, -0.25) is 9.58 Å². The molecule has 1 unspecified atom stereocenters. The summed E-state index contributed by atoms with van der Waals surface area (Å²) >= 11 is 0. The lowest BCUT2D eigenvalue weighted by molar-refractivity contribution is 0.233. The van der Waals surface area contributed by atoms with Crippen LogP contribution >= 0.6 is 0 Å². The summed E-state index contributed by atoms with van der Waals surface area (Å²) < 4.78 is 7.46. The first-order valence-electron chi connectivity index (χ1n) is 9.88. The fourth-order valence-electron chi connectivity index (χ4n) is 3.87. The van der Waals surface area contributed by atoms with Crippen molar-refractivity contribution in [3.05, 3.63) is 53.6 Å². The number of aryl methyl sites for hydroxylation is 3. The Balaban J connectivity index is 1.36. The molecule has 1 aromatic carbocycles. The van der Waals surface area contributed by atoms with Crippen LogP contribution in [0.5, 0.6) is 0 Å². The molecule has 1 atom stereocenters. The Morgan fingerprint density at radius 1 is 1.22 bits per heavy atom. The number of nitrogens with zero attached hydrogens (tertiary/aromatic N) is 5. The van der Waals surface area contributed by atoms with E-state index in [-0.39, 0.29) is 0 Å². The normalized spacial score (nSPS) is 17.6. The SMILES string of the molecule is CCn1cc(CN2CCCC2CCc2noc(-c3ccccc3)n2)c(C)n1. The minimum Gasteiger partial charge on any atom is -0.334 e. The molecule has 0 aliphatic carbocycles. The summed E-state index contributed by atoms with van der Waals surface area (Å²) in [7, 11) is 0. The van der Waals surface area contributed by atoms with Crippen LogP contribution in [0.3, 0.4) is 0 Å². The summed E-state index contributed by atoms with van der Waals surface area (Å²) in [4.78, 5) is 7.15. The molecule has 3 aromatic rings. The van der Waals surface area contributed by atoms with E-state index >= 15 is 0 Å². The lowest BCUT2D eigenvalue weighted by atomic mass is 10.1. The lowest BCUT2D eigenvalue weighted by Crippen LogP contribution is -2.29. The van der Waals surface area contributed by atoms with Crippen molar-refractivity contribution in [1.29, 1.82) is 0 Å². The van der Waals surface area contributed by atoms with Gasteiger partial charge in [-0.2, -0.15) is 10.1 Å². The number of rotatable bonds is 7. The third-order valence-electron chi connectivity index (χ3n) is 5.43. The van der Waals surface area contributed by atoms with Crippen LogP contribution in [0.2, 0.25) is 0 Å². The predicted molar refractivity (Wildman–Crippen MR) is 104 cm³/mol. The zero-order chi connectivity index (χ0) is 18.6. The summed E-state index contributed by atoms with van der Waals surface area (Å²) in [6.07, 6.45) is 6.60. The van der Waals surface area contributed by atoms with Gasteiger partial charge in [0.1, 0.15) is 0 Å². The van der Waals surface area contributed by atoms with Crippen molar-refractivity contribution >= 4 is 0 Å². The maximum absolute atomic E-state index is 5.43. The smallest absolute Gasteiger partial charge is 0.257 e. The second kappa shape index (κ2) is 8.05. The quantitative estimate of drug-likeness (QED) is 0.636. The number of hydrogen-bond donors (Lipinski definition) is 0. The van der Waals surface area contributed by atoms with Gasteiger partial charge >= 0.3 is 0 Å². The molecule has 3 heterocycles. The lowest BCUT2D eigenvalue weighted by Gasteiger charge is -2.23. The zero-order valence-corrected chi connectivity index (χ0v) is 16.1. The van der Waals surface area contributed by atoms with Crippen molar-refractivity contribution in [2.24, 2.45) is 0 Å². The van der Waals surface area contributed by atoms with Crippen LogP contribution in [0.25, 0.3) is 11.5 Å². The van der Waals surface area contributed by atoms with Crippen LogP contribution < -0.4 is 0 Å². The molecule has 1 saturated heterocycles. The van der Waals surface area contributed by atoms with Crippen molar-refractivity contribution in [3.63, 3.8) is 0 Å². The maximum Gasteiger partial charge on any atom is 0.257 e. The van der Waals surface area contributed by atoms with Crippen molar-refractivity contribution in [2.45, 2.75) is 58.7 Å². The van der Waals surface area contributed by atoms with Crippen molar-refractivity contribution in [2.75, 3.05) is 6.54 Å². The Kier molecular flexibility index (Phi) is 5.34. The van der Waals surface area contributed by atoms with E-state index in [0.29, 0.717) is 11.9 Å². The number of likely N-dealkylation sites (tertiary alicyclic amines) is 1. The van der Waals surface area contributed by atoms with Gasteiger partial charge in [-0.15, -0.1) is 0 Å². The van der Waals surface area contributed by atoms with Gasteiger partial charge in [-0.05, 0) is 51.8 Å². The summed E-state index contributed by atoms with van der Waals surface area (Å²) in [5.74, 6) is 1.41. The van der Waals surface area contributed by atoms with Crippen molar-refractivity contribution in [3.8, 4) is 11.5 Å². The van der Waals surface area contributed by atoms with E-state index in [2.05, 4.69) is 40.2 Å². The first-order chi connectivity index (χ1) is 13.2. The van der Waals surface area contributed by atoms with E-state index in [1.807, 2.05) is 35.0 Å². The summed E-state index contributed by atoms with van der Waals surface area (Å²) in [5, 5.41) is 8.75. The Labute approximate surface area is 160 Å². The zero-order valence-electron chi connectivity index (χ0n) is 16.1. The Morgan fingerprint density at radius 3 is 2.85 bits per heavy atom. The average molecular weight is 365 g/mol. The number of hydrogen-bond acceptors (Lipinski definition) is 5. The van der Waals surface area contributed by atoms with Gasteiger partial charge in [0.15, 0.2) is 5.82 Å². The fourth-order valence-corrected chi connectivity index (χ4v) is 3.87. The molecule has 0 N–H and O–H groups in total. The molecule has 1 fully saturated rings. The Bertz CT molecular complexity index is 870. The molecule has 4 rings (SSSR count). The second-order valence-electron chi connectivity index (χ2n) is 7.28. The molecule has 1 aliphatic heterocycles. The van der Waals surface area contributed by atoms with Crippen molar-refractivity contribution < 1.29 is 4.52 Å². The topological polar surface area (TPSA) is 60.0 Å². The minimum absolute atomic E-state index is 0.577. The van der Waals surface area contributed by atoms with Gasteiger partial charge in [0.25, 0.3) is 5.89 Å². The summed E-state index contributed by atoms with van der Waals surface area (Å²) in [6, 6.07) is 10.5. The maximum atomic E-state index is 5.43. The first kappa shape index (κ1) is 17.9. The van der Waals surface area contributed by atoms with Crippen LogP contribution in [0.1, 0.15) is 43.3 Å². The van der Waals surface area contributed by atoms with Gasteiger partial charge in [-0.1, -0.05) is 23.4 Å². The van der Waals surface area contributed by atoms with E-state index in [0.717, 1.165) is 49.6 Å². The molecular formula is C21H27N5O. The molecule has 2 aromatic heterocycles. The highest BCUT2D eigenvalue weighted by atomic mass is 16.5. The van der Waals surface area contributed by atoms with E-state index < -0.39 is 0 Å². The van der Waals surface area contributed by atoms with Crippen LogP contribution in [0, 0.1) is 6.92 Å². The fraction of sp³-hybridized carbons (Fsp3) is 0.476. The minimum atomic E-state index is 0.577. The molecular weight excluding hydrogens is 338 g/mol. The largest absolute Gasteiger partial charge is 0.334 e. The third-order valence-corrected chi connectivity index (χ3v) is 5.43. The average Bonchev–Trinajstić information content (AvgIpc) is 3.42. The molecule has 0 saturated carbocycles. The molecule has 0 spiro atoms. The van der Waals surface area contributed by atoms with Gasteiger partial charge < -0.3 is 4.52 Å². The van der Waals surface area contributed by atoms with E-state index in [4.69, 9.17) is 4.52 Å². The van der Waals surface area contributed by atoms with Gasteiger partial charge in [0.2, 0.25) is 0 Å². The van der Waals surface area contributed by atoms with Crippen LogP contribution in [0.4, 0.5) is 0 Å². The standard InChI is InChI=1S/C21H27N5O/c1-3-26-15-18(16(2)23-26)14-25-13-7-10-19(25)11-12-20-22-21(27-24-20)17-8-5-4-6-9-17/h4-6,8-9,15,19H,3,7,10-14H2,1-2H3. The van der Waals surface area contributed by atoms with Gasteiger partial charge in [0.05, 0.1) is 5.69 Å². The predicted octanol–water partition coefficient (Wildman–Crippen LogP) is 3.86. The van der Waals surface area contributed by atoms with E-state index in [1.54, 1.807) is 0 Å². The van der Waals surface area contributed by atoms with E-state index in [1.165, 1.54) is 18.4 Å². The second-order valence-corrected chi connectivity index (χ2v) is 7.28. The third kappa shape index (κ3) is 4.11. The number of benzene rings is 1. The summed E-state index contributed by atoms with van der Waals surface area (Å²) in [5.41, 5.74) is 3.46. The molecule has 0 amide bonds. The van der Waals surface area contributed by atoms with Crippen LogP contribution in [0.15, 0.2) is 41.1 Å². The highest BCUT2D eigenvalue weighted by Crippen LogP contribution is 2.25. The molecule has 0 radical (unpaired) electrons. The molecule has 0 bridgehead atoms. The molecule has 27 heavy (non-hydrogen) atoms. The molecule has 142 valence electrons. The highest BCUT2D eigenvalue weighted by molar-refractivity contribution is 5.51. The summed E-state index contributed by atoms with van der Waals surface area (Å²) in [6.45, 7) is 7.30.